The summed E-state index contributed by atoms with van der Waals surface area (Å²) in [4.78, 5) is 16.8. The molecule has 2 aromatic carbocycles. The second-order valence-electron chi connectivity index (χ2n) is 4.33. The number of benzene rings is 2. The Labute approximate surface area is 115 Å². The number of rotatable bonds is 2. The number of fused-ring (bicyclic) bond motifs is 1. The van der Waals surface area contributed by atoms with Crippen molar-refractivity contribution in [3.8, 4) is 11.4 Å². The highest BCUT2D eigenvalue weighted by atomic mass is 16.5. The van der Waals surface area contributed by atoms with Gasteiger partial charge in [-0.1, -0.05) is 12.1 Å². The lowest BCUT2D eigenvalue weighted by molar-refractivity contribution is 0.414. The zero-order valence-electron chi connectivity index (χ0n) is 10.9. The van der Waals surface area contributed by atoms with Crippen LogP contribution in [0.4, 0.5) is 5.95 Å². The first-order chi connectivity index (χ1) is 9.70. The molecule has 0 saturated heterocycles. The van der Waals surface area contributed by atoms with Crippen molar-refractivity contribution in [1.29, 1.82) is 0 Å². The standard InChI is InChI=1S/C15H13N3O2/c1-20-11-8-6-10(7-9-11)18-14(19)12-4-2-3-5-13(12)17-15(18)16/h2-9H,1H3,(H2,16,17). The Hall–Kier alpha value is -2.82. The van der Waals surface area contributed by atoms with Crippen molar-refractivity contribution >= 4 is 16.9 Å². The molecule has 0 aliphatic heterocycles. The third kappa shape index (κ3) is 1.89. The summed E-state index contributed by atoms with van der Waals surface area (Å²) in [5.41, 5.74) is 6.98. The van der Waals surface area contributed by atoms with Gasteiger partial charge in [-0.15, -0.1) is 0 Å². The van der Waals surface area contributed by atoms with Gasteiger partial charge in [0.2, 0.25) is 5.95 Å². The van der Waals surface area contributed by atoms with Gasteiger partial charge in [-0.3, -0.25) is 4.79 Å². The lowest BCUT2D eigenvalue weighted by atomic mass is 10.2. The SMILES string of the molecule is COc1ccc(-n2c(N)nc3ccccc3c2=O)cc1. The number of nitrogens with two attached hydrogens (primary N) is 1. The largest absolute Gasteiger partial charge is 0.497 e. The maximum Gasteiger partial charge on any atom is 0.267 e. The summed E-state index contributed by atoms with van der Waals surface area (Å²) in [6.07, 6.45) is 0. The fourth-order valence-electron chi connectivity index (χ4n) is 2.13. The third-order valence-corrected chi connectivity index (χ3v) is 3.13. The Kier molecular flexibility index (Phi) is 2.87. The minimum absolute atomic E-state index is 0.166. The van der Waals surface area contributed by atoms with Gasteiger partial charge in [-0.2, -0.15) is 0 Å². The van der Waals surface area contributed by atoms with E-state index in [0.29, 0.717) is 22.3 Å². The summed E-state index contributed by atoms with van der Waals surface area (Å²) >= 11 is 0. The molecule has 20 heavy (non-hydrogen) atoms. The van der Waals surface area contributed by atoms with Crippen LogP contribution in [0.25, 0.3) is 16.6 Å². The first kappa shape index (κ1) is 12.2. The minimum atomic E-state index is -0.182. The van der Waals surface area contributed by atoms with Crippen LogP contribution in [-0.2, 0) is 0 Å². The number of para-hydroxylation sites is 1. The van der Waals surface area contributed by atoms with Gasteiger partial charge in [0.05, 0.1) is 23.7 Å². The molecule has 0 bridgehead atoms. The van der Waals surface area contributed by atoms with E-state index in [0.717, 1.165) is 0 Å². The molecule has 1 aromatic heterocycles. The van der Waals surface area contributed by atoms with E-state index in [9.17, 15) is 4.79 Å². The van der Waals surface area contributed by atoms with Crippen molar-refractivity contribution in [1.82, 2.24) is 9.55 Å². The van der Waals surface area contributed by atoms with Crippen molar-refractivity contribution < 1.29 is 4.74 Å². The molecule has 0 saturated carbocycles. The molecular weight excluding hydrogens is 254 g/mol. The maximum absolute atomic E-state index is 12.5. The maximum atomic E-state index is 12.5. The summed E-state index contributed by atoms with van der Waals surface area (Å²) in [6, 6.07) is 14.2. The molecule has 0 atom stereocenters. The van der Waals surface area contributed by atoms with Crippen LogP contribution in [0.15, 0.2) is 53.3 Å². The molecule has 3 rings (SSSR count). The van der Waals surface area contributed by atoms with Gasteiger partial charge in [0.25, 0.3) is 5.56 Å². The van der Waals surface area contributed by atoms with Gasteiger partial charge in [0, 0.05) is 0 Å². The number of nitrogen functional groups attached to an aromatic ring is 1. The van der Waals surface area contributed by atoms with Crippen LogP contribution in [0.5, 0.6) is 5.75 Å². The van der Waals surface area contributed by atoms with Gasteiger partial charge < -0.3 is 10.5 Å². The van der Waals surface area contributed by atoms with Crippen LogP contribution in [0.1, 0.15) is 0 Å². The van der Waals surface area contributed by atoms with Crippen molar-refractivity contribution in [3.05, 3.63) is 58.9 Å². The number of hydrogen-bond donors (Lipinski definition) is 1. The van der Waals surface area contributed by atoms with Gasteiger partial charge >= 0.3 is 0 Å². The fourth-order valence-corrected chi connectivity index (χ4v) is 2.13. The van der Waals surface area contributed by atoms with E-state index in [1.165, 1.54) is 4.57 Å². The lowest BCUT2D eigenvalue weighted by Gasteiger charge is -2.10. The highest BCUT2D eigenvalue weighted by Gasteiger charge is 2.09. The van der Waals surface area contributed by atoms with Crippen LogP contribution < -0.4 is 16.0 Å². The lowest BCUT2D eigenvalue weighted by Crippen LogP contribution is -2.22. The normalized spacial score (nSPS) is 10.7. The second kappa shape index (κ2) is 4.70. The molecule has 0 spiro atoms. The van der Waals surface area contributed by atoms with Crippen molar-refractivity contribution in [2.45, 2.75) is 0 Å². The van der Waals surface area contributed by atoms with E-state index >= 15 is 0 Å². The predicted octanol–water partition coefficient (Wildman–Crippen LogP) is 1.98. The second-order valence-corrected chi connectivity index (χ2v) is 4.33. The Balaban J connectivity index is 2.27. The Morgan fingerprint density at radius 1 is 1.10 bits per heavy atom. The van der Waals surface area contributed by atoms with E-state index < -0.39 is 0 Å². The average Bonchev–Trinajstić information content (AvgIpc) is 2.48. The first-order valence-corrected chi connectivity index (χ1v) is 6.12. The van der Waals surface area contributed by atoms with Crippen molar-refractivity contribution in [3.63, 3.8) is 0 Å². The summed E-state index contributed by atoms with van der Waals surface area (Å²) in [5.74, 6) is 0.882. The summed E-state index contributed by atoms with van der Waals surface area (Å²) in [7, 11) is 1.59. The highest BCUT2D eigenvalue weighted by molar-refractivity contribution is 5.79. The van der Waals surface area contributed by atoms with Gasteiger partial charge in [0.15, 0.2) is 0 Å². The van der Waals surface area contributed by atoms with E-state index in [4.69, 9.17) is 10.5 Å². The Morgan fingerprint density at radius 2 is 1.80 bits per heavy atom. The molecular formula is C15H13N3O2. The zero-order chi connectivity index (χ0) is 14.1. The number of ether oxygens (including phenoxy) is 1. The van der Waals surface area contributed by atoms with Gasteiger partial charge in [-0.25, -0.2) is 9.55 Å². The number of aromatic nitrogens is 2. The van der Waals surface area contributed by atoms with Crippen molar-refractivity contribution in [2.75, 3.05) is 12.8 Å². The molecule has 0 aliphatic rings. The number of hydrogen-bond acceptors (Lipinski definition) is 4. The van der Waals surface area contributed by atoms with Crippen molar-refractivity contribution in [2.24, 2.45) is 0 Å². The molecule has 1 heterocycles. The molecule has 0 unspecified atom stereocenters. The zero-order valence-corrected chi connectivity index (χ0v) is 10.9. The minimum Gasteiger partial charge on any atom is -0.497 e. The van der Waals surface area contributed by atoms with Gasteiger partial charge in [-0.05, 0) is 36.4 Å². The molecule has 5 nitrogen and oxygen atoms in total. The molecule has 0 aliphatic carbocycles. The number of nitrogens with zero attached hydrogens (tertiary/aromatic N) is 2. The molecule has 3 aromatic rings. The smallest absolute Gasteiger partial charge is 0.267 e. The molecule has 0 fully saturated rings. The average molecular weight is 267 g/mol. The highest BCUT2D eigenvalue weighted by Crippen LogP contribution is 2.17. The van der Waals surface area contributed by atoms with Crippen LogP contribution in [0.2, 0.25) is 0 Å². The number of anilines is 1. The quantitative estimate of drug-likeness (QED) is 0.770. The van der Waals surface area contributed by atoms with Gasteiger partial charge in [0.1, 0.15) is 5.75 Å². The molecule has 100 valence electrons. The molecule has 0 amide bonds. The monoisotopic (exact) mass is 267 g/mol. The van der Waals surface area contributed by atoms with E-state index in [2.05, 4.69) is 4.98 Å². The Bertz CT molecular complexity index is 823. The van der Waals surface area contributed by atoms with Crippen LogP contribution in [0, 0.1) is 0 Å². The Morgan fingerprint density at radius 3 is 2.50 bits per heavy atom. The summed E-state index contributed by atoms with van der Waals surface area (Å²) < 4.78 is 6.49. The first-order valence-electron chi connectivity index (χ1n) is 6.12. The summed E-state index contributed by atoms with van der Waals surface area (Å²) in [5, 5.41) is 0.539. The van der Waals surface area contributed by atoms with Crippen LogP contribution in [-0.4, -0.2) is 16.7 Å². The topological polar surface area (TPSA) is 70.1 Å². The summed E-state index contributed by atoms with van der Waals surface area (Å²) in [6.45, 7) is 0. The molecule has 0 radical (unpaired) electrons. The fraction of sp³-hybridized carbons (Fsp3) is 0.0667. The van der Waals surface area contributed by atoms with Crippen LogP contribution in [0.3, 0.4) is 0 Å². The molecule has 2 N–H and O–H groups in total. The third-order valence-electron chi connectivity index (χ3n) is 3.13. The van der Waals surface area contributed by atoms with E-state index in [1.54, 1.807) is 49.6 Å². The van der Waals surface area contributed by atoms with E-state index in [-0.39, 0.29) is 11.5 Å². The predicted molar refractivity (Wildman–Crippen MR) is 78.3 cm³/mol. The van der Waals surface area contributed by atoms with E-state index in [1.807, 2.05) is 6.07 Å². The molecule has 5 heteroatoms. The van der Waals surface area contributed by atoms with Crippen LogP contribution >= 0.6 is 0 Å². The number of methoxy groups -OCH3 is 1.